The van der Waals surface area contributed by atoms with E-state index in [2.05, 4.69) is 5.32 Å². The second-order valence-electron chi connectivity index (χ2n) is 5.91. The number of amides is 1. The Morgan fingerprint density at radius 1 is 1.39 bits per heavy atom. The van der Waals surface area contributed by atoms with Crippen molar-refractivity contribution in [2.45, 2.75) is 31.7 Å². The van der Waals surface area contributed by atoms with Crippen molar-refractivity contribution in [3.8, 4) is 5.75 Å². The molecule has 23 heavy (non-hydrogen) atoms. The number of hydrogen-bond acceptors (Lipinski definition) is 4. The van der Waals surface area contributed by atoms with Crippen molar-refractivity contribution < 1.29 is 23.8 Å². The van der Waals surface area contributed by atoms with E-state index in [9.17, 15) is 9.59 Å². The molecule has 1 fully saturated rings. The van der Waals surface area contributed by atoms with Crippen LogP contribution >= 0.6 is 0 Å². The molecule has 1 aliphatic rings. The number of carboxylic acids is 1. The summed E-state index contributed by atoms with van der Waals surface area (Å²) < 4.78 is 10.6. The third-order valence-corrected chi connectivity index (χ3v) is 4.36. The summed E-state index contributed by atoms with van der Waals surface area (Å²) in [7, 11) is 1.59. The number of aliphatic carboxylic acids is 1. The lowest BCUT2D eigenvalue weighted by molar-refractivity contribution is -0.141. The summed E-state index contributed by atoms with van der Waals surface area (Å²) in [5, 5.41) is 12.8. The van der Waals surface area contributed by atoms with E-state index in [1.54, 1.807) is 19.4 Å². The molecular weight excluding hydrogens is 298 g/mol. The van der Waals surface area contributed by atoms with Gasteiger partial charge in [0.2, 0.25) is 5.91 Å². The van der Waals surface area contributed by atoms with Crippen LogP contribution in [0.5, 0.6) is 5.75 Å². The molecule has 2 N–H and O–H groups in total. The minimum absolute atomic E-state index is 0.0538. The molecule has 1 heterocycles. The lowest BCUT2D eigenvalue weighted by atomic mass is 10.1. The Morgan fingerprint density at radius 3 is 2.91 bits per heavy atom. The number of carbonyl (C=O) groups excluding carboxylic acids is 1. The summed E-state index contributed by atoms with van der Waals surface area (Å²) in [4.78, 5) is 23.1. The molecule has 2 aromatic rings. The second kappa shape index (κ2) is 6.32. The number of carboxylic acid groups (broad SMARTS) is 1. The highest BCUT2D eigenvalue weighted by atomic mass is 16.5. The van der Waals surface area contributed by atoms with Gasteiger partial charge in [-0.2, -0.15) is 0 Å². The minimum atomic E-state index is -0.781. The van der Waals surface area contributed by atoms with Gasteiger partial charge in [-0.1, -0.05) is 0 Å². The predicted octanol–water partition coefficient (Wildman–Crippen LogP) is 2.35. The Bertz CT molecular complexity index is 736. The molecule has 2 atom stereocenters. The summed E-state index contributed by atoms with van der Waals surface area (Å²) >= 11 is 0. The molecule has 1 aromatic carbocycles. The first-order valence-corrected chi connectivity index (χ1v) is 7.63. The highest BCUT2D eigenvalue weighted by molar-refractivity contribution is 5.88. The zero-order valence-corrected chi connectivity index (χ0v) is 12.9. The van der Waals surface area contributed by atoms with E-state index >= 15 is 0 Å². The Kier molecular flexibility index (Phi) is 4.23. The molecule has 0 radical (unpaired) electrons. The predicted molar refractivity (Wildman–Crippen MR) is 83.4 cm³/mol. The van der Waals surface area contributed by atoms with E-state index < -0.39 is 5.97 Å². The number of hydrogen-bond donors (Lipinski definition) is 2. The summed E-state index contributed by atoms with van der Waals surface area (Å²) in [6, 6.07) is 5.43. The van der Waals surface area contributed by atoms with E-state index in [0.717, 1.165) is 10.9 Å². The molecule has 0 spiro atoms. The Morgan fingerprint density at radius 2 is 2.22 bits per heavy atom. The average molecular weight is 317 g/mol. The molecule has 1 aliphatic carbocycles. The van der Waals surface area contributed by atoms with Crippen LogP contribution in [0.1, 0.15) is 24.8 Å². The average Bonchev–Trinajstić information content (AvgIpc) is 3.14. The van der Waals surface area contributed by atoms with Crippen LogP contribution in [-0.2, 0) is 16.0 Å². The maximum Gasteiger partial charge on any atom is 0.306 e. The Hall–Kier alpha value is -2.50. The lowest BCUT2D eigenvalue weighted by Crippen LogP contribution is -2.34. The van der Waals surface area contributed by atoms with Crippen LogP contribution in [0, 0.1) is 5.92 Å². The number of methoxy groups -OCH3 is 1. The third kappa shape index (κ3) is 3.31. The van der Waals surface area contributed by atoms with Crippen molar-refractivity contribution in [3.05, 3.63) is 30.0 Å². The highest BCUT2D eigenvalue weighted by Crippen LogP contribution is 2.27. The fourth-order valence-electron chi connectivity index (χ4n) is 3.12. The molecule has 0 unspecified atom stereocenters. The maximum atomic E-state index is 12.2. The van der Waals surface area contributed by atoms with E-state index in [4.69, 9.17) is 14.3 Å². The molecule has 1 amide bonds. The van der Waals surface area contributed by atoms with Crippen LogP contribution in [0.4, 0.5) is 0 Å². The molecule has 3 rings (SSSR count). The summed E-state index contributed by atoms with van der Waals surface area (Å²) in [6.07, 6.45) is 3.64. The molecule has 0 aliphatic heterocycles. The molecular formula is C17H19NO5. The fraction of sp³-hybridized carbons (Fsp3) is 0.412. The van der Waals surface area contributed by atoms with Crippen LogP contribution in [-0.4, -0.2) is 30.1 Å². The molecule has 6 heteroatoms. The van der Waals surface area contributed by atoms with Crippen LogP contribution in [0.3, 0.4) is 0 Å². The first-order valence-electron chi connectivity index (χ1n) is 7.63. The summed E-state index contributed by atoms with van der Waals surface area (Å²) in [6.45, 7) is 0. The molecule has 0 bridgehead atoms. The standard InChI is InChI=1S/C17H19NO5/c1-22-13-4-5-14-11(9-23-15(14)8-13)7-16(19)18-12-3-2-10(6-12)17(20)21/h4-5,8-10,12H,2-3,6-7H2,1H3,(H,18,19)(H,20,21)/t10-,12+/m0/s1. The zero-order valence-electron chi connectivity index (χ0n) is 12.9. The van der Waals surface area contributed by atoms with Crippen molar-refractivity contribution in [1.82, 2.24) is 5.32 Å². The van der Waals surface area contributed by atoms with Gasteiger partial charge in [0.05, 0.1) is 25.7 Å². The van der Waals surface area contributed by atoms with Crippen LogP contribution in [0.15, 0.2) is 28.9 Å². The second-order valence-corrected chi connectivity index (χ2v) is 5.91. The van der Waals surface area contributed by atoms with Crippen molar-refractivity contribution in [2.24, 2.45) is 5.92 Å². The minimum Gasteiger partial charge on any atom is -0.497 e. The van der Waals surface area contributed by atoms with E-state index in [0.29, 0.717) is 30.6 Å². The maximum absolute atomic E-state index is 12.2. The van der Waals surface area contributed by atoms with Gasteiger partial charge in [-0.05, 0) is 31.4 Å². The number of nitrogens with one attached hydrogen (secondary N) is 1. The zero-order chi connectivity index (χ0) is 16.4. The number of benzene rings is 1. The van der Waals surface area contributed by atoms with E-state index in [1.807, 2.05) is 12.1 Å². The van der Waals surface area contributed by atoms with Crippen LogP contribution < -0.4 is 10.1 Å². The third-order valence-electron chi connectivity index (χ3n) is 4.36. The van der Waals surface area contributed by atoms with Gasteiger partial charge in [0, 0.05) is 23.1 Å². The van der Waals surface area contributed by atoms with Crippen molar-refractivity contribution in [2.75, 3.05) is 7.11 Å². The number of fused-ring (bicyclic) bond motifs is 1. The number of rotatable bonds is 5. The fourth-order valence-corrected chi connectivity index (χ4v) is 3.12. The SMILES string of the molecule is COc1ccc2c(CC(=O)N[C@@H]3CC[C@H](C(=O)O)C3)coc2c1. The first kappa shape index (κ1) is 15.4. The molecule has 6 nitrogen and oxygen atoms in total. The van der Waals surface area contributed by atoms with Crippen LogP contribution in [0.25, 0.3) is 11.0 Å². The smallest absolute Gasteiger partial charge is 0.306 e. The quantitative estimate of drug-likeness (QED) is 0.883. The Balaban J connectivity index is 1.63. The number of carbonyl (C=O) groups is 2. The topological polar surface area (TPSA) is 88.8 Å². The van der Waals surface area contributed by atoms with Gasteiger partial charge in [0.15, 0.2) is 0 Å². The van der Waals surface area contributed by atoms with Gasteiger partial charge in [-0.15, -0.1) is 0 Å². The highest BCUT2D eigenvalue weighted by Gasteiger charge is 2.30. The van der Waals surface area contributed by atoms with Crippen molar-refractivity contribution in [1.29, 1.82) is 0 Å². The first-order chi connectivity index (χ1) is 11.1. The van der Waals surface area contributed by atoms with Gasteiger partial charge in [0.1, 0.15) is 11.3 Å². The summed E-state index contributed by atoms with van der Waals surface area (Å²) in [5.74, 6) is -0.535. The van der Waals surface area contributed by atoms with Gasteiger partial charge < -0.3 is 19.6 Å². The molecule has 1 saturated carbocycles. The van der Waals surface area contributed by atoms with Gasteiger partial charge in [-0.3, -0.25) is 9.59 Å². The molecule has 0 saturated heterocycles. The van der Waals surface area contributed by atoms with Gasteiger partial charge in [-0.25, -0.2) is 0 Å². The van der Waals surface area contributed by atoms with Gasteiger partial charge >= 0.3 is 5.97 Å². The lowest BCUT2D eigenvalue weighted by Gasteiger charge is -2.12. The van der Waals surface area contributed by atoms with Gasteiger partial charge in [0.25, 0.3) is 0 Å². The van der Waals surface area contributed by atoms with Crippen molar-refractivity contribution >= 4 is 22.8 Å². The monoisotopic (exact) mass is 317 g/mol. The Labute approximate surface area is 133 Å². The van der Waals surface area contributed by atoms with Crippen LogP contribution in [0.2, 0.25) is 0 Å². The number of furan rings is 1. The normalized spacial score (nSPS) is 20.6. The largest absolute Gasteiger partial charge is 0.497 e. The van der Waals surface area contributed by atoms with Crippen molar-refractivity contribution in [3.63, 3.8) is 0 Å². The van der Waals surface area contributed by atoms with E-state index in [1.165, 1.54) is 0 Å². The summed E-state index contributed by atoms with van der Waals surface area (Å²) in [5.41, 5.74) is 1.49. The number of ether oxygens (including phenoxy) is 1. The molecule has 122 valence electrons. The molecule has 1 aromatic heterocycles. The van der Waals surface area contributed by atoms with E-state index in [-0.39, 0.29) is 24.3 Å².